The van der Waals surface area contributed by atoms with Gasteiger partial charge >= 0.3 is 0 Å². The molecule has 4 saturated carbocycles. The second-order valence-electron chi connectivity index (χ2n) is 10.9. The van der Waals surface area contributed by atoms with Crippen molar-refractivity contribution in [1.82, 2.24) is 14.9 Å². The molecular formula is C26H33ClN4O. The molecule has 2 N–H and O–H groups in total. The van der Waals surface area contributed by atoms with Gasteiger partial charge in [-0.1, -0.05) is 23.7 Å². The van der Waals surface area contributed by atoms with Crippen molar-refractivity contribution in [2.45, 2.75) is 64.1 Å². The van der Waals surface area contributed by atoms with Gasteiger partial charge in [0, 0.05) is 36.8 Å². The van der Waals surface area contributed by atoms with Crippen LogP contribution in [0.3, 0.4) is 0 Å². The zero-order valence-electron chi connectivity index (χ0n) is 18.6. The topological polar surface area (TPSA) is 61.3 Å². The molecule has 1 aromatic heterocycles. The molecule has 7 rings (SSSR count). The minimum absolute atomic E-state index is 0.143. The molecule has 0 spiro atoms. The molecule has 2 heterocycles. The van der Waals surface area contributed by atoms with Gasteiger partial charge in [0.15, 0.2) is 0 Å². The van der Waals surface area contributed by atoms with Crippen LogP contribution in [0.1, 0.15) is 55.3 Å². The molecule has 1 unspecified atom stereocenters. The molecule has 4 fully saturated rings. The fraction of sp³-hybridized carbons (Fsp3) is 0.615. The van der Waals surface area contributed by atoms with Gasteiger partial charge in [0.25, 0.3) is 0 Å². The fourth-order valence-corrected chi connectivity index (χ4v) is 7.67. The third-order valence-corrected chi connectivity index (χ3v) is 8.91. The Morgan fingerprint density at radius 2 is 1.75 bits per heavy atom. The van der Waals surface area contributed by atoms with E-state index in [9.17, 15) is 5.11 Å². The summed E-state index contributed by atoms with van der Waals surface area (Å²) in [6, 6.07) is 8.09. The molecular weight excluding hydrogens is 420 g/mol. The Labute approximate surface area is 195 Å². The molecule has 0 saturated heterocycles. The van der Waals surface area contributed by atoms with Crippen molar-refractivity contribution >= 4 is 17.4 Å². The molecule has 2 aromatic rings. The molecule has 170 valence electrons. The average Bonchev–Trinajstić information content (AvgIpc) is 2.78. The summed E-state index contributed by atoms with van der Waals surface area (Å²) >= 11 is 6.02. The molecule has 6 heteroatoms. The minimum Gasteiger partial charge on any atom is -0.391 e. The van der Waals surface area contributed by atoms with E-state index in [1.54, 1.807) is 6.33 Å². The number of hydrogen-bond donors (Lipinski definition) is 2. The van der Waals surface area contributed by atoms with Crippen LogP contribution in [0.2, 0.25) is 5.02 Å². The number of hydrogen-bond acceptors (Lipinski definition) is 5. The first kappa shape index (κ1) is 20.9. The zero-order chi connectivity index (χ0) is 21.7. The lowest BCUT2D eigenvalue weighted by Gasteiger charge is -2.58. The van der Waals surface area contributed by atoms with Crippen molar-refractivity contribution in [2.24, 2.45) is 23.2 Å². The van der Waals surface area contributed by atoms with Gasteiger partial charge in [0.2, 0.25) is 0 Å². The van der Waals surface area contributed by atoms with Gasteiger partial charge in [-0.05, 0) is 85.8 Å². The predicted octanol–water partition coefficient (Wildman–Crippen LogP) is 4.68. The SMILES string of the molecule is OC(CNc1ncnc2c1CCN(Cc1ccc(Cl)cc1)C2)C12CC3CC(CC(C3)C1)C2. The van der Waals surface area contributed by atoms with Gasteiger partial charge in [-0.25, -0.2) is 9.97 Å². The van der Waals surface area contributed by atoms with E-state index in [1.165, 1.54) is 49.7 Å². The van der Waals surface area contributed by atoms with Crippen molar-refractivity contribution < 1.29 is 5.11 Å². The number of nitrogens with zero attached hydrogens (tertiary/aromatic N) is 3. The lowest BCUT2D eigenvalue weighted by molar-refractivity contribution is -0.115. The molecule has 0 radical (unpaired) electrons. The van der Waals surface area contributed by atoms with E-state index in [-0.39, 0.29) is 11.5 Å². The number of halogens is 1. The number of anilines is 1. The quantitative estimate of drug-likeness (QED) is 0.666. The number of aliphatic hydroxyl groups is 1. The molecule has 1 aliphatic heterocycles. The van der Waals surface area contributed by atoms with E-state index in [2.05, 4.69) is 32.3 Å². The van der Waals surface area contributed by atoms with Crippen LogP contribution in [0, 0.1) is 23.2 Å². The van der Waals surface area contributed by atoms with Crippen molar-refractivity contribution in [3.63, 3.8) is 0 Å². The summed E-state index contributed by atoms with van der Waals surface area (Å²) in [5, 5.41) is 15.6. The highest BCUT2D eigenvalue weighted by atomic mass is 35.5. The van der Waals surface area contributed by atoms with E-state index < -0.39 is 0 Å². The molecule has 4 aliphatic carbocycles. The maximum atomic E-state index is 11.3. The molecule has 5 aliphatic rings. The molecule has 0 amide bonds. The summed E-state index contributed by atoms with van der Waals surface area (Å²) in [7, 11) is 0. The maximum absolute atomic E-state index is 11.3. The Morgan fingerprint density at radius 1 is 1.06 bits per heavy atom. The Kier molecular flexibility index (Phi) is 5.39. The summed E-state index contributed by atoms with van der Waals surface area (Å²) in [5.41, 5.74) is 3.73. The highest BCUT2D eigenvalue weighted by Crippen LogP contribution is 2.61. The Hall–Kier alpha value is -1.69. The first-order valence-electron chi connectivity index (χ1n) is 12.3. The second kappa shape index (κ2) is 8.27. The number of aromatic nitrogens is 2. The fourth-order valence-electron chi connectivity index (χ4n) is 7.54. The van der Waals surface area contributed by atoms with E-state index >= 15 is 0 Å². The number of nitrogens with one attached hydrogen (secondary N) is 1. The summed E-state index contributed by atoms with van der Waals surface area (Å²) in [5.74, 6) is 3.49. The monoisotopic (exact) mass is 452 g/mol. The predicted molar refractivity (Wildman–Crippen MR) is 126 cm³/mol. The normalized spacial score (nSPS) is 32.0. The van der Waals surface area contributed by atoms with E-state index in [0.717, 1.165) is 60.3 Å². The van der Waals surface area contributed by atoms with Crippen LogP contribution in [0.4, 0.5) is 5.82 Å². The first-order valence-corrected chi connectivity index (χ1v) is 12.7. The van der Waals surface area contributed by atoms with Crippen LogP contribution in [0.25, 0.3) is 0 Å². The van der Waals surface area contributed by atoms with Crippen molar-refractivity contribution in [2.75, 3.05) is 18.4 Å². The number of fused-ring (bicyclic) bond motifs is 1. The molecule has 1 atom stereocenters. The minimum atomic E-state index is -0.286. The lowest BCUT2D eigenvalue weighted by atomic mass is 9.48. The molecule has 32 heavy (non-hydrogen) atoms. The number of benzene rings is 1. The third kappa shape index (κ3) is 3.93. The summed E-state index contributed by atoms with van der Waals surface area (Å²) in [6.07, 6.45) is 10.2. The van der Waals surface area contributed by atoms with Gasteiger partial charge < -0.3 is 10.4 Å². The van der Waals surface area contributed by atoms with Crippen LogP contribution in [-0.4, -0.2) is 39.2 Å². The largest absolute Gasteiger partial charge is 0.391 e. The Bertz CT molecular complexity index is 943. The standard InChI is InChI=1S/C26H33ClN4O/c27-21-3-1-17(2-4-21)14-31-6-5-22-23(15-31)29-16-30-25(22)28-13-24(32)26-10-18-7-19(11-26)9-20(8-18)12-26/h1-4,16,18-20,24,32H,5-15H2,(H,28,29,30). The maximum Gasteiger partial charge on any atom is 0.133 e. The van der Waals surface area contributed by atoms with Gasteiger partial charge in [-0.3, -0.25) is 4.90 Å². The Balaban J connectivity index is 1.11. The van der Waals surface area contributed by atoms with E-state index in [1.807, 2.05) is 12.1 Å². The highest BCUT2D eigenvalue weighted by molar-refractivity contribution is 6.30. The van der Waals surface area contributed by atoms with Crippen LogP contribution >= 0.6 is 11.6 Å². The second-order valence-corrected chi connectivity index (χ2v) is 11.3. The van der Waals surface area contributed by atoms with Crippen LogP contribution < -0.4 is 5.32 Å². The number of rotatable bonds is 6. The summed E-state index contributed by atoms with van der Waals surface area (Å²) in [4.78, 5) is 11.6. The van der Waals surface area contributed by atoms with Crippen LogP contribution in [0.5, 0.6) is 0 Å². The lowest BCUT2D eigenvalue weighted by Crippen LogP contribution is -2.53. The summed E-state index contributed by atoms with van der Waals surface area (Å²) in [6.45, 7) is 3.31. The van der Waals surface area contributed by atoms with Gasteiger partial charge in [0.05, 0.1) is 11.8 Å². The highest BCUT2D eigenvalue weighted by Gasteiger charge is 2.53. The van der Waals surface area contributed by atoms with Gasteiger partial charge in [-0.2, -0.15) is 0 Å². The molecule has 4 bridgehead atoms. The van der Waals surface area contributed by atoms with Crippen LogP contribution in [-0.2, 0) is 19.5 Å². The Morgan fingerprint density at radius 3 is 2.44 bits per heavy atom. The van der Waals surface area contributed by atoms with E-state index in [4.69, 9.17) is 11.6 Å². The zero-order valence-corrected chi connectivity index (χ0v) is 19.4. The smallest absolute Gasteiger partial charge is 0.133 e. The number of aliphatic hydroxyl groups excluding tert-OH is 1. The molecule has 5 nitrogen and oxygen atoms in total. The van der Waals surface area contributed by atoms with Crippen molar-refractivity contribution in [3.8, 4) is 0 Å². The molecule has 1 aromatic carbocycles. The summed E-state index contributed by atoms with van der Waals surface area (Å²) < 4.78 is 0. The van der Waals surface area contributed by atoms with Gasteiger partial charge in [0.1, 0.15) is 12.1 Å². The van der Waals surface area contributed by atoms with E-state index in [0.29, 0.717) is 6.54 Å². The van der Waals surface area contributed by atoms with Crippen molar-refractivity contribution in [1.29, 1.82) is 0 Å². The first-order chi connectivity index (χ1) is 15.6. The van der Waals surface area contributed by atoms with Crippen LogP contribution in [0.15, 0.2) is 30.6 Å². The third-order valence-electron chi connectivity index (χ3n) is 8.66. The van der Waals surface area contributed by atoms with Crippen molar-refractivity contribution in [3.05, 3.63) is 52.4 Å². The average molecular weight is 453 g/mol. The van der Waals surface area contributed by atoms with Gasteiger partial charge in [-0.15, -0.1) is 0 Å².